The van der Waals surface area contributed by atoms with Crippen LogP contribution in [0.1, 0.15) is 12.0 Å². The first-order valence-electron chi connectivity index (χ1n) is 6.39. The Bertz CT molecular complexity index is 490. The fourth-order valence-corrected chi connectivity index (χ4v) is 2.43. The molecular weight excluding hydrogens is 290 g/mol. The van der Waals surface area contributed by atoms with Gasteiger partial charge in [-0.15, -0.1) is 0 Å². The largest absolute Gasteiger partial charge is 0.480 e. The van der Waals surface area contributed by atoms with E-state index in [-0.39, 0.29) is 12.2 Å². The van der Waals surface area contributed by atoms with Crippen molar-refractivity contribution in [3.8, 4) is 0 Å². The van der Waals surface area contributed by atoms with Crippen molar-refractivity contribution in [2.24, 2.45) is 0 Å². The van der Waals surface area contributed by atoms with Gasteiger partial charge in [-0.2, -0.15) is 17.2 Å². The van der Waals surface area contributed by atoms with Gasteiger partial charge in [0.15, 0.2) is 5.78 Å². The molecule has 6 heteroatoms. The number of rotatable bonds is 9. The second kappa shape index (κ2) is 9.33. The van der Waals surface area contributed by atoms with E-state index < -0.39 is 17.3 Å². The molecule has 0 bridgehead atoms. The topological polar surface area (TPSA) is 75.6 Å². The lowest BCUT2D eigenvalue weighted by Crippen LogP contribution is -2.39. The molecule has 21 heavy (non-hydrogen) atoms. The predicted octanol–water partition coefficient (Wildman–Crippen LogP) is 1.99. The third kappa shape index (κ3) is 6.12. The van der Waals surface area contributed by atoms with Crippen LogP contribution in [-0.4, -0.2) is 41.5 Å². The number of carbonyl (C=O) groups excluding carboxylic acids is 1. The van der Waals surface area contributed by atoms with Crippen LogP contribution >= 0.6 is 11.8 Å². The van der Waals surface area contributed by atoms with E-state index in [1.54, 1.807) is 12.3 Å². The minimum absolute atomic E-state index is 0.115. The fourth-order valence-electron chi connectivity index (χ4n) is 1.73. The van der Waals surface area contributed by atoms with E-state index in [0.717, 1.165) is 5.56 Å². The molecule has 2 N–H and O–H groups in total. The molecule has 0 aliphatic rings. The van der Waals surface area contributed by atoms with Gasteiger partial charge >= 0.3 is 5.97 Å². The van der Waals surface area contributed by atoms with Gasteiger partial charge in [0.1, 0.15) is 6.04 Å². The zero-order chi connectivity index (χ0) is 15.7. The average Bonchev–Trinajstić information content (AvgIpc) is 2.49. The van der Waals surface area contributed by atoms with Crippen molar-refractivity contribution in [2.45, 2.75) is 17.7 Å². The highest BCUT2D eigenvalue weighted by atomic mass is 32.2. The van der Waals surface area contributed by atoms with Gasteiger partial charge in [0.2, 0.25) is 0 Å². The van der Waals surface area contributed by atoms with Gasteiger partial charge in [0, 0.05) is 0 Å². The summed E-state index contributed by atoms with van der Waals surface area (Å²) in [7, 11) is 1.35. The number of allylic oxidation sites excluding steroid dienone is 1. The predicted molar refractivity (Wildman–Crippen MR) is 84.0 cm³/mol. The molecule has 114 valence electrons. The first-order valence-corrected chi connectivity index (χ1v) is 7.68. The zero-order valence-corrected chi connectivity index (χ0v) is 12.8. The second-order valence-electron chi connectivity index (χ2n) is 4.32. The summed E-state index contributed by atoms with van der Waals surface area (Å²) in [6.07, 6.45) is 5.15. The molecule has 0 saturated heterocycles. The maximum absolute atomic E-state index is 12.1. The summed E-state index contributed by atoms with van der Waals surface area (Å²) in [6.45, 7) is 0. The maximum Gasteiger partial charge on any atom is 0.323 e. The SMILES string of the molecule is CON[C@@H](CC(SC)C(=O)C=Cc1ccccc1)C(=O)O. The summed E-state index contributed by atoms with van der Waals surface area (Å²) >= 11 is 1.33. The zero-order valence-electron chi connectivity index (χ0n) is 12.0. The van der Waals surface area contributed by atoms with Gasteiger partial charge in [-0.3, -0.25) is 9.59 Å². The lowest BCUT2D eigenvalue weighted by Gasteiger charge is -2.17. The second-order valence-corrected chi connectivity index (χ2v) is 5.36. The molecular formula is C15H19NO4S. The number of aliphatic carboxylic acids is 1. The molecule has 2 atom stereocenters. The monoisotopic (exact) mass is 309 g/mol. The van der Waals surface area contributed by atoms with Crippen molar-refractivity contribution < 1.29 is 19.5 Å². The number of hydroxylamine groups is 1. The van der Waals surface area contributed by atoms with Gasteiger partial charge in [0.05, 0.1) is 12.4 Å². The molecule has 1 aromatic carbocycles. The fraction of sp³-hybridized carbons (Fsp3) is 0.333. The third-order valence-corrected chi connectivity index (χ3v) is 3.84. The van der Waals surface area contributed by atoms with Crippen LogP contribution in [0.3, 0.4) is 0 Å². The van der Waals surface area contributed by atoms with Gasteiger partial charge in [0.25, 0.3) is 0 Å². The van der Waals surface area contributed by atoms with Gasteiger partial charge in [-0.1, -0.05) is 36.4 Å². The van der Waals surface area contributed by atoms with E-state index in [1.807, 2.05) is 30.3 Å². The number of benzene rings is 1. The van der Waals surface area contributed by atoms with E-state index in [1.165, 1.54) is 24.9 Å². The maximum atomic E-state index is 12.1. The molecule has 0 spiro atoms. The quantitative estimate of drug-likeness (QED) is 0.537. The number of hydrogen-bond donors (Lipinski definition) is 2. The van der Waals surface area contributed by atoms with Crippen LogP contribution in [-0.2, 0) is 14.4 Å². The molecule has 0 aliphatic heterocycles. The van der Waals surface area contributed by atoms with Crippen LogP contribution in [0.15, 0.2) is 36.4 Å². The highest BCUT2D eigenvalue weighted by Gasteiger charge is 2.25. The highest BCUT2D eigenvalue weighted by molar-refractivity contribution is 7.99. The first-order chi connectivity index (χ1) is 10.1. The Labute approximate surface area is 128 Å². The normalized spacial score (nSPS) is 14.0. The molecule has 1 rings (SSSR count). The minimum Gasteiger partial charge on any atom is -0.480 e. The molecule has 0 fully saturated rings. The van der Waals surface area contributed by atoms with Crippen molar-refractivity contribution in [1.29, 1.82) is 0 Å². The number of thioether (sulfide) groups is 1. The molecule has 0 aromatic heterocycles. The van der Waals surface area contributed by atoms with Crippen LogP contribution < -0.4 is 5.48 Å². The van der Waals surface area contributed by atoms with Gasteiger partial charge in [-0.25, -0.2) is 0 Å². The van der Waals surface area contributed by atoms with Gasteiger partial charge < -0.3 is 9.94 Å². The number of hydrogen-bond acceptors (Lipinski definition) is 5. The van der Waals surface area contributed by atoms with Gasteiger partial charge in [-0.05, 0) is 24.3 Å². The van der Waals surface area contributed by atoms with E-state index >= 15 is 0 Å². The molecule has 1 aromatic rings. The lowest BCUT2D eigenvalue weighted by atomic mass is 10.1. The third-order valence-electron chi connectivity index (χ3n) is 2.85. The molecule has 0 heterocycles. The average molecular weight is 309 g/mol. The van der Waals surface area contributed by atoms with Crippen molar-refractivity contribution in [1.82, 2.24) is 5.48 Å². The Morgan fingerprint density at radius 3 is 2.57 bits per heavy atom. The Morgan fingerprint density at radius 1 is 1.38 bits per heavy atom. The highest BCUT2D eigenvalue weighted by Crippen LogP contribution is 2.16. The van der Waals surface area contributed by atoms with E-state index in [0.29, 0.717) is 0 Å². The van der Waals surface area contributed by atoms with E-state index in [9.17, 15) is 9.59 Å². The molecule has 0 aliphatic carbocycles. The molecule has 1 unspecified atom stereocenters. The Hall–Kier alpha value is -1.63. The smallest absolute Gasteiger partial charge is 0.323 e. The summed E-state index contributed by atoms with van der Waals surface area (Å²) in [5, 5.41) is 8.62. The van der Waals surface area contributed by atoms with Crippen molar-refractivity contribution in [3.05, 3.63) is 42.0 Å². The molecule has 0 radical (unpaired) electrons. The number of carboxylic acids is 1. The standard InChI is InChI=1S/C15H19NO4S/c1-20-16-12(15(18)19)10-14(21-2)13(17)9-8-11-6-4-3-5-7-11/h3-9,12,14,16H,10H2,1-2H3,(H,18,19)/t12-,14?/m0/s1. The number of carboxylic acid groups (broad SMARTS) is 1. The van der Waals surface area contributed by atoms with Crippen molar-refractivity contribution >= 4 is 29.6 Å². The molecule has 0 saturated carbocycles. The van der Waals surface area contributed by atoms with Crippen LogP contribution in [0.2, 0.25) is 0 Å². The van der Waals surface area contributed by atoms with Crippen LogP contribution in [0.4, 0.5) is 0 Å². The molecule has 0 amide bonds. The lowest BCUT2D eigenvalue weighted by molar-refractivity contribution is -0.143. The summed E-state index contributed by atoms with van der Waals surface area (Å²) in [6, 6.07) is 8.55. The Balaban J connectivity index is 2.68. The van der Waals surface area contributed by atoms with Crippen molar-refractivity contribution in [2.75, 3.05) is 13.4 Å². The first kappa shape index (κ1) is 17.4. The van der Waals surface area contributed by atoms with Crippen LogP contribution in [0, 0.1) is 0 Å². The van der Waals surface area contributed by atoms with Crippen LogP contribution in [0.25, 0.3) is 6.08 Å². The number of carbonyl (C=O) groups is 2. The minimum atomic E-state index is -1.05. The van der Waals surface area contributed by atoms with Crippen LogP contribution in [0.5, 0.6) is 0 Å². The van der Waals surface area contributed by atoms with Crippen molar-refractivity contribution in [3.63, 3.8) is 0 Å². The Kier molecular flexibility index (Phi) is 7.74. The Morgan fingerprint density at radius 2 is 2.05 bits per heavy atom. The summed E-state index contributed by atoms with van der Waals surface area (Å²) in [5.74, 6) is -1.16. The summed E-state index contributed by atoms with van der Waals surface area (Å²) < 4.78 is 0. The number of ketones is 1. The van der Waals surface area contributed by atoms with E-state index in [4.69, 9.17) is 5.11 Å². The molecule has 5 nitrogen and oxygen atoms in total. The van der Waals surface area contributed by atoms with E-state index in [2.05, 4.69) is 10.3 Å². The number of nitrogens with one attached hydrogen (secondary N) is 1. The summed E-state index contributed by atoms with van der Waals surface area (Å²) in [5.41, 5.74) is 3.31. The summed E-state index contributed by atoms with van der Waals surface area (Å²) in [4.78, 5) is 27.9.